The van der Waals surface area contributed by atoms with Crippen LogP contribution in [0.2, 0.25) is 0 Å². The summed E-state index contributed by atoms with van der Waals surface area (Å²) in [6, 6.07) is 28.5. The van der Waals surface area contributed by atoms with Crippen LogP contribution in [0.3, 0.4) is 0 Å². The largest absolute Gasteiger partial charge is 0.364 e. The first-order valence-electron chi connectivity index (χ1n) is 17.3. The Balaban J connectivity index is 1.29. The van der Waals surface area contributed by atoms with Gasteiger partial charge >= 0.3 is 0 Å². The smallest absolute Gasteiger partial charge is 0.128 e. The van der Waals surface area contributed by atoms with E-state index in [1.807, 2.05) is 12.4 Å². The summed E-state index contributed by atoms with van der Waals surface area (Å²) >= 11 is 0. The van der Waals surface area contributed by atoms with Crippen molar-refractivity contribution < 1.29 is 0 Å². The number of benzene rings is 4. The Hall–Kier alpha value is -5.68. The molecule has 2 atom stereocenters. The van der Waals surface area contributed by atoms with Crippen LogP contribution >= 0.6 is 0 Å². The molecule has 1 N–H and O–H groups in total. The molecule has 8 rings (SSSR count). The van der Waals surface area contributed by atoms with Gasteiger partial charge in [-0.3, -0.25) is 19.9 Å². The van der Waals surface area contributed by atoms with Crippen molar-refractivity contribution in [2.75, 3.05) is 6.54 Å². The van der Waals surface area contributed by atoms with E-state index in [1.165, 1.54) is 38.6 Å². The number of allylic oxidation sites excluding steroid dienone is 5. The highest BCUT2D eigenvalue weighted by atomic mass is 15.0. The molecule has 6 aromatic rings. The Labute approximate surface area is 287 Å². The highest BCUT2D eigenvalue weighted by molar-refractivity contribution is 6.10. The lowest BCUT2D eigenvalue weighted by Gasteiger charge is -2.18. The minimum Gasteiger partial charge on any atom is -0.364 e. The van der Waals surface area contributed by atoms with Crippen molar-refractivity contribution in [2.24, 2.45) is 4.99 Å². The van der Waals surface area contributed by atoms with Crippen LogP contribution in [0.5, 0.6) is 0 Å². The second-order valence-electron chi connectivity index (χ2n) is 12.9. The van der Waals surface area contributed by atoms with Crippen LogP contribution in [-0.2, 0) is 6.42 Å². The molecule has 2 heterocycles. The summed E-state index contributed by atoms with van der Waals surface area (Å²) in [6.07, 6.45) is 21.6. The average molecular weight is 638 g/mol. The summed E-state index contributed by atoms with van der Waals surface area (Å²) in [4.78, 5) is 19.1. The normalized spacial score (nSPS) is 15.9. The Morgan fingerprint density at radius 1 is 0.898 bits per heavy atom. The minimum absolute atomic E-state index is 0.115. The average Bonchev–Trinajstić information content (AvgIpc) is 3.48. The molecule has 0 saturated carbocycles. The maximum Gasteiger partial charge on any atom is 0.128 e. The van der Waals surface area contributed by atoms with Crippen LogP contribution in [0.15, 0.2) is 139 Å². The van der Waals surface area contributed by atoms with Gasteiger partial charge in [0.05, 0.1) is 11.0 Å². The molecule has 0 spiro atoms. The molecular weight excluding hydrogens is 599 g/mol. The topological polar surface area (TPSA) is 63.1 Å². The van der Waals surface area contributed by atoms with Crippen molar-refractivity contribution in [3.05, 3.63) is 156 Å². The number of nitrogens with zero attached hydrogens (tertiary/aromatic N) is 4. The predicted molar refractivity (Wildman–Crippen MR) is 204 cm³/mol. The zero-order valence-corrected chi connectivity index (χ0v) is 28.0. The number of fused-ring (bicyclic) bond motifs is 4. The Bertz CT molecular complexity index is 2300. The molecule has 0 saturated heterocycles. The third-order valence-electron chi connectivity index (χ3n) is 9.66. The van der Waals surface area contributed by atoms with E-state index in [1.54, 1.807) is 12.4 Å². The van der Waals surface area contributed by atoms with Gasteiger partial charge in [-0.2, -0.15) is 0 Å². The lowest BCUT2D eigenvalue weighted by atomic mass is 9.88. The molecule has 4 aromatic carbocycles. The fourth-order valence-electron chi connectivity index (χ4n) is 7.28. The third kappa shape index (κ3) is 6.09. The fourth-order valence-corrected chi connectivity index (χ4v) is 7.28. The van der Waals surface area contributed by atoms with E-state index in [0.29, 0.717) is 12.5 Å². The number of aromatic nitrogens is 3. The molecule has 240 valence electrons. The molecule has 2 aromatic heterocycles. The van der Waals surface area contributed by atoms with Crippen LogP contribution < -0.4 is 5.32 Å². The zero-order chi connectivity index (χ0) is 33.2. The minimum atomic E-state index is 0.115. The van der Waals surface area contributed by atoms with Gasteiger partial charge in [0.15, 0.2) is 0 Å². The fraction of sp³-hybridized carbons (Fsp3) is 0.182. The van der Waals surface area contributed by atoms with Crippen molar-refractivity contribution in [3.63, 3.8) is 0 Å². The first-order chi connectivity index (χ1) is 24.2. The summed E-state index contributed by atoms with van der Waals surface area (Å²) in [5.41, 5.74) is 12.6. The molecule has 2 aliphatic carbocycles. The standard InChI is InChI=1S/C44H39N5/c1-3-4-10-29(2)49-44(48-20-19-30-11-6-5-7-12-30)34-24-32(31-15-18-41-42(26-31)47-22-21-46-41)23-33(25-34)35-16-17-38-36-13-8-9-14-37(36)40-28-45-27-39(35)43(38)40/h4-12,14-18,21-29,36H,3,13,19-20H2,1-2H3,(H,48,49)/b10-4+. The second-order valence-corrected chi connectivity index (χ2v) is 12.9. The molecule has 2 unspecified atom stereocenters. The molecule has 49 heavy (non-hydrogen) atoms. The summed E-state index contributed by atoms with van der Waals surface area (Å²) < 4.78 is 0. The number of pyridine rings is 1. The van der Waals surface area contributed by atoms with E-state index < -0.39 is 0 Å². The summed E-state index contributed by atoms with van der Waals surface area (Å²) in [5, 5.41) is 6.27. The third-order valence-corrected chi connectivity index (χ3v) is 9.66. The van der Waals surface area contributed by atoms with Crippen molar-refractivity contribution >= 4 is 33.2 Å². The van der Waals surface area contributed by atoms with Crippen molar-refractivity contribution in [1.82, 2.24) is 20.3 Å². The first-order valence-corrected chi connectivity index (χ1v) is 17.3. The maximum atomic E-state index is 5.23. The Kier molecular flexibility index (Phi) is 8.40. The number of rotatable bonds is 9. The lowest BCUT2D eigenvalue weighted by Crippen LogP contribution is -2.32. The highest BCUT2D eigenvalue weighted by Crippen LogP contribution is 2.50. The van der Waals surface area contributed by atoms with Gasteiger partial charge in [0.25, 0.3) is 0 Å². The van der Waals surface area contributed by atoms with E-state index in [0.717, 1.165) is 58.4 Å². The van der Waals surface area contributed by atoms with Gasteiger partial charge in [-0.25, -0.2) is 0 Å². The van der Waals surface area contributed by atoms with Crippen molar-refractivity contribution in [1.29, 1.82) is 0 Å². The first kappa shape index (κ1) is 30.6. The molecule has 5 heteroatoms. The zero-order valence-electron chi connectivity index (χ0n) is 28.0. The molecular formula is C44H39N5. The monoisotopic (exact) mass is 637 g/mol. The van der Waals surface area contributed by atoms with E-state index >= 15 is 0 Å². The Morgan fingerprint density at radius 2 is 1.76 bits per heavy atom. The SMILES string of the molecule is CC/C=C/C(C)NC(=NCCc1ccccc1)c1cc(-c2ccc3nccnc3c2)cc(-c2ccc3c4c(cncc24)C2=CC=CCC23)c1. The van der Waals surface area contributed by atoms with Gasteiger partial charge in [-0.1, -0.05) is 85.8 Å². The second kappa shape index (κ2) is 13.4. The maximum absolute atomic E-state index is 5.23. The molecule has 5 nitrogen and oxygen atoms in total. The summed E-state index contributed by atoms with van der Waals surface area (Å²) in [7, 11) is 0. The van der Waals surface area contributed by atoms with E-state index in [-0.39, 0.29) is 6.04 Å². The highest BCUT2D eigenvalue weighted by Gasteiger charge is 2.30. The van der Waals surface area contributed by atoms with Crippen molar-refractivity contribution in [2.45, 2.75) is 45.1 Å². The van der Waals surface area contributed by atoms with E-state index in [4.69, 9.17) is 9.98 Å². The lowest BCUT2D eigenvalue weighted by molar-refractivity contribution is 0.793. The van der Waals surface area contributed by atoms with Gasteiger partial charge in [-0.15, -0.1) is 0 Å². The number of hydrogen-bond acceptors (Lipinski definition) is 4. The molecule has 0 radical (unpaired) electrons. The molecule has 0 aliphatic heterocycles. The quantitative estimate of drug-likeness (QED) is 0.0974. The molecule has 0 fully saturated rings. The number of aliphatic imine (C=N–C) groups is 1. The van der Waals surface area contributed by atoms with Gasteiger partial charge < -0.3 is 5.32 Å². The van der Waals surface area contributed by atoms with Crippen LogP contribution in [0, 0.1) is 0 Å². The number of nitrogens with one attached hydrogen (secondary N) is 1. The molecule has 0 bridgehead atoms. The number of hydrogen-bond donors (Lipinski definition) is 1. The predicted octanol–water partition coefficient (Wildman–Crippen LogP) is 9.89. The van der Waals surface area contributed by atoms with E-state index in [9.17, 15) is 0 Å². The van der Waals surface area contributed by atoms with Crippen LogP contribution in [-0.4, -0.2) is 33.4 Å². The summed E-state index contributed by atoms with van der Waals surface area (Å²) in [6.45, 7) is 5.03. The van der Waals surface area contributed by atoms with Gasteiger partial charge in [-0.05, 0) is 101 Å². The summed E-state index contributed by atoms with van der Waals surface area (Å²) in [5.74, 6) is 1.28. The van der Waals surface area contributed by atoms with Crippen molar-refractivity contribution in [3.8, 4) is 22.3 Å². The van der Waals surface area contributed by atoms with Gasteiger partial charge in [0, 0.05) is 59.8 Å². The van der Waals surface area contributed by atoms with Gasteiger partial charge in [0.1, 0.15) is 5.84 Å². The van der Waals surface area contributed by atoms with Crippen LogP contribution in [0.1, 0.15) is 54.9 Å². The molecule has 0 amide bonds. The van der Waals surface area contributed by atoms with Gasteiger partial charge in [0.2, 0.25) is 0 Å². The van der Waals surface area contributed by atoms with Crippen LogP contribution in [0.4, 0.5) is 0 Å². The van der Waals surface area contributed by atoms with E-state index in [2.05, 4.69) is 138 Å². The molecule has 2 aliphatic rings. The Morgan fingerprint density at radius 3 is 2.63 bits per heavy atom. The number of amidine groups is 1. The van der Waals surface area contributed by atoms with Crippen LogP contribution in [0.25, 0.3) is 49.6 Å².